The third-order valence-electron chi connectivity index (χ3n) is 4.11. The second-order valence-electron chi connectivity index (χ2n) is 6.56. The van der Waals surface area contributed by atoms with Gasteiger partial charge in [0, 0.05) is 5.38 Å². The van der Waals surface area contributed by atoms with E-state index in [2.05, 4.69) is 10.3 Å². The van der Waals surface area contributed by atoms with Gasteiger partial charge in [-0.05, 0) is 31.5 Å². The highest BCUT2D eigenvalue weighted by atomic mass is 32.2. The number of hydrogen-bond donors (Lipinski definition) is 3. The van der Waals surface area contributed by atoms with Gasteiger partial charge in [-0.2, -0.15) is 13.2 Å². The number of primary amides is 1. The molecule has 0 saturated heterocycles. The number of rotatable bonds is 8. The highest BCUT2D eigenvalue weighted by Crippen LogP contribution is 2.32. The highest BCUT2D eigenvalue weighted by Gasteiger charge is 2.34. The maximum absolute atomic E-state index is 13.0. The van der Waals surface area contributed by atoms with E-state index in [-0.39, 0.29) is 12.0 Å². The summed E-state index contributed by atoms with van der Waals surface area (Å²) in [7, 11) is 0. The molecule has 0 fully saturated rings. The van der Waals surface area contributed by atoms with Gasteiger partial charge in [-0.25, -0.2) is 4.98 Å². The van der Waals surface area contributed by atoms with Gasteiger partial charge in [0.25, 0.3) is 0 Å². The summed E-state index contributed by atoms with van der Waals surface area (Å²) >= 11 is 2.42. The Morgan fingerprint density at radius 2 is 2.00 bits per heavy atom. The van der Waals surface area contributed by atoms with E-state index in [1.165, 1.54) is 42.2 Å². The summed E-state index contributed by atoms with van der Waals surface area (Å²) in [4.78, 5) is 27.8. The molecule has 11 heteroatoms. The summed E-state index contributed by atoms with van der Waals surface area (Å²) in [5.74, 6) is -0.993. The number of carbonyl (C=O) groups is 2. The molecule has 0 saturated carbocycles. The first kappa shape index (κ1) is 23.2. The van der Waals surface area contributed by atoms with Gasteiger partial charge in [0.2, 0.25) is 11.8 Å². The number of benzene rings is 1. The Morgan fingerprint density at radius 1 is 1.34 bits per heavy atom. The standard InChI is InChI=1S/C18H20F3N3O3S2/c1-10(15(22)27)29-16-23-13(8-28-16)7-14(26)24-17(2,9-25)11-4-3-5-12(6-11)18(19,20)21/h3-6,8,10,25H,7,9H2,1-2H3,(H2,22,27)(H,24,26). The molecule has 1 aromatic heterocycles. The second kappa shape index (κ2) is 9.14. The van der Waals surface area contributed by atoms with Crippen LogP contribution in [0.25, 0.3) is 0 Å². The normalized spacial score (nSPS) is 14.8. The van der Waals surface area contributed by atoms with Crippen LogP contribution >= 0.6 is 23.1 Å². The molecule has 6 nitrogen and oxygen atoms in total. The number of alkyl halides is 3. The van der Waals surface area contributed by atoms with Crippen LogP contribution in [0.15, 0.2) is 34.0 Å². The molecule has 4 N–H and O–H groups in total. The van der Waals surface area contributed by atoms with Crippen LogP contribution in [-0.4, -0.2) is 33.8 Å². The molecule has 2 rings (SSSR count). The molecule has 158 valence electrons. The minimum atomic E-state index is -4.53. The summed E-state index contributed by atoms with van der Waals surface area (Å²) in [6.45, 7) is 2.49. The predicted octanol–water partition coefficient (Wildman–Crippen LogP) is 2.69. The SMILES string of the molecule is CC(Sc1nc(CC(=O)NC(C)(CO)c2cccc(C(F)(F)F)c2)cs1)C(N)=O. The molecule has 0 aliphatic carbocycles. The minimum absolute atomic E-state index is 0.128. The van der Waals surface area contributed by atoms with Crippen molar-refractivity contribution in [3.8, 4) is 0 Å². The Morgan fingerprint density at radius 3 is 2.59 bits per heavy atom. The van der Waals surface area contributed by atoms with Gasteiger partial charge >= 0.3 is 6.18 Å². The van der Waals surface area contributed by atoms with Crippen LogP contribution in [0, 0.1) is 0 Å². The third-order valence-corrected chi connectivity index (χ3v) is 6.25. The van der Waals surface area contributed by atoms with Crippen molar-refractivity contribution < 1.29 is 27.9 Å². The number of aromatic nitrogens is 1. The second-order valence-corrected chi connectivity index (χ2v) is 9.01. The van der Waals surface area contributed by atoms with Crippen molar-refractivity contribution in [3.63, 3.8) is 0 Å². The van der Waals surface area contributed by atoms with Crippen molar-refractivity contribution in [3.05, 3.63) is 46.5 Å². The molecule has 2 unspecified atom stereocenters. The number of carbonyl (C=O) groups excluding carboxylic acids is 2. The fourth-order valence-corrected chi connectivity index (χ4v) is 4.32. The zero-order valence-corrected chi connectivity index (χ0v) is 17.2. The number of halogens is 3. The fourth-order valence-electron chi connectivity index (χ4n) is 2.39. The van der Waals surface area contributed by atoms with Crippen molar-refractivity contribution in [2.75, 3.05) is 6.61 Å². The number of nitrogens with one attached hydrogen (secondary N) is 1. The smallest absolute Gasteiger partial charge is 0.394 e. The van der Waals surface area contributed by atoms with Crippen LogP contribution in [0.5, 0.6) is 0 Å². The lowest BCUT2D eigenvalue weighted by Gasteiger charge is -2.30. The van der Waals surface area contributed by atoms with Crippen molar-refractivity contribution in [2.45, 2.75) is 41.6 Å². The number of aliphatic hydroxyl groups is 1. The van der Waals surface area contributed by atoms with Crippen LogP contribution in [0.3, 0.4) is 0 Å². The number of thioether (sulfide) groups is 1. The van der Waals surface area contributed by atoms with E-state index >= 15 is 0 Å². The molecule has 0 aliphatic heterocycles. The van der Waals surface area contributed by atoms with Gasteiger partial charge in [-0.15, -0.1) is 11.3 Å². The van der Waals surface area contributed by atoms with E-state index in [0.717, 1.165) is 12.1 Å². The van der Waals surface area contributed by atoms with Crippen LogP contribution in [0.1, 0.15) is 30.7 Å². The van der Waals surface area contributed by atoms with E-state index in [9.17, 15) is 27.9 Å². The zero-order valence-electron chi connectivity index (χ0n) is 15.6. The van der Waals surface area contributed by atoms with Gasteiger partial charge in [0.1, 0.15) is 0 Å². The van der Waals surface area contributed by atoms with Gasteiger partial charge in [0.15, 0.2) is 4.34 Å². The van der Waals surface area contributed by atoms with E-state index in [4.69, 9.17) is 5.73 Å². The maximum atomic E-state index is 13.0. The largest absolute Gasteiger partial charge is 0.416 e. The Balaban J connectivity index is 2.10. The van der Waals surface area contributed by atoms with Crippen LogP contribution in [0.2, 0.25) is 0 Å². The molecular weight excluding hydrogens is 427 g/mol. The lowest BCUT2D eigenvalue weighted by atomic mass is 9.91. The number of nitrogens with zero attached hydrogens (tertiary/aromatic N) is 1. The van der Waals surface area contributed by atoms with E-state index in [1.54, 1.807) is 12.3 Å². The van der Waals surface area contributed by atoms with E-state index in [1.807, 2.05) is 0 Å². The molecule has 1 heterocycles. The number of hydrogen-bond acceptors (Lipinski definition) is 6. The Kier molecular flexibility index (Phi) is 7.30. The monoisotopic (exact) mass is 447 g/mol. The molecule has 2 atom stereocenters. The van der Waals surface area contributed by atoms with Gasteiger partial charge in [0.05, 0.1) is 35.1 Å². The molecule has 1 aromatic carbocycles. The number of nitrogens with two attached hydrogens (primary N) is 1. The van der Waals surface area contributed by atoms with E-state index < -0.39 is 40.9 Å². The molecule has 2 amide bonds. The molecule has 0 bridgehead atoms. The average molecular weight is 448 g/mol. The van der Waals surface area contributed by atoms with Crippen LogP contribution in [0.4, 0.5) is 13.2 Å². The minimum Gasteiger partial charge on any atom is -0.394 e. The topological polar surface area (TPSA) is 105 Å². The third kappa shape index (κ3) is 6.18. The lowest BCUT2D eigenvalue weighted by molar-refractivity contribution is -0.137. The van der Waals surface area contributed by atoms with Gasteiger partial charge < -0.3 is 16.2 Å². The van der Waals surface area contributed by atoms with Crippen LogP contribution < -0.4 is 11.1 Å². The first-order valence-electron chi connectivity index (χ1n) is 8.44. The summed E-state index contributed by atoms with van der Waals surface area (Å²) in [6, 6.07) is 4.46. The Labute approximate surface area is 173 Å². The quantitative estimate of drug-likeness (QED) is 0.540. The summed E-state index contributed by atoms with van der Waals surface area (Å²) in [5.41, 5.74) is 3.52. The number of aliphatic hydroxyl groups excluding tert-OH is 1. The predicted molar refractivity (Wildman–Crippen MR) is 104 cm³/mol. The zero-order chi connectivity index (χ0) is 21.8. The molecule has 0 radical (unpaired) electrons. The first-order valence-corrected chi connectivity index (χ1v) is 10.2. The molecule has 0 spiro atoms. The fraction of sp³-hybridized carbons (Fsp3) is 0.389. The van der Waals surface area contributed by atoms with Crippen molar-refractivity contribution in [2.24, 2.45) is 5.73 Å². The molecule has 2 aromatic rings. The summed E-state index contributed by atoms with van der Waals surface area (Å²) in [5, 5.41) is 13.5. The van der Waals surface area contributed by atoms with Crippen molar-refractivity contribution >= 4 is 34.9 Å². The molecular formula is C18H20F3N3O3S2. The van der Waals surface area contributed by atoms with Gasteiger partial charge in [-0.1, -0.05) is 23.9 Å². The van der Waals surface area contributed by atoms with Crippen molar-refractivity contribution in [1.29, 1.82) is 0 Å². The van der Waals surface area contributed by atoms with Crippen molar-refractivity contribution in [1.82, 2.24) is 10.3 Å². The average Bonchev–Trinajstić information content (AvgIpc) is 3.07. The summed E-state index contributed by atoms with van der Waals surface area (Å²) in [6.07, 6.45) is -4.66. The maximum Gasteiger partial charge on any atom is 0.416 e. The Hall–Kier alpha value is -2.11. The highest BCUT2D eigenvalue weighted by molar-refractivity contribution is 8.02. The molecule has 0 aliphatic rings. The Bertz CT molecular complexity index is 888. The summed E-state index contributed by atoms with van der Waals surface area (Å²) < 4.78 is 39.5. The number of amides is 2. The molecule has 29 heavy (non-hydrogen) atoms. The number of thiazole rings is 1. The van der Waals surface area contributed by atoms with Gasteiger partial charge in [-0.3, -0.25) is 9.59 Å². The first-order chi connectivity index (χ1) is 13.4. The van der Waals surface area contributed by atoms with Crippen LogP contribution in [-0.2, 0) is 27.7 Å². The van der Waals surface area contributed by atoms with E-state index in [0.29, 0.717) is 10.0 Å². The lowest BCUT2D eigenvalue weighted by Crippen LogP contribution is -2.47.